The highest BCUT2D eigenvalue weighted by Crippen LogP contribution is 2.13. The van der Waals surface area contributed by atoms with Crippen LogP contribution in [0, 0.1) is 0 Å². The maximum atomic E-state index is 5.40. The van der Waals surface area contributed by atoms with Gasteiger partial charge in [0.05, 0.1) is 5.69 Å². The monoisotopic (exact) mass is 217 g/mol. The molecule has 0 aromatic carbocycles. The number of rotatable bonds is 5. The number of hydrogen-bond acceptors (Lipinski definition) is 4. The standard InChI is InChI=1S/C11H15N5/c12-6-2-8-14-11-5-4-10(15-16-11)9-3-1-7-13-9/h1,3-5,7,13H,2,6,8,12H2,(H,14,16). The summed E-state index contributed by atoms with van der Waals surface area (Å²) in [5, 5.41) is 11.4. The molecule has 0 spiro atoms. The molecule has 0 bridgehead atoms. The van der Waals surface area contributed by atoms with Crippen molar-refractivity contribution in [3.8, 4) is 11.4 Å². The van der Waals surface area contributed by atoms with Crippen LogP contribution in [-0.4, -0.2) is 28.3 Å². The third-order valence-electron chi connectivity index (χ3n) is 2.23. The smallest absolute Gasteiger partial charge is 0.148 e. The average molecular weight is 217 g/mol. The number of H-pyrrole nitrogens is 1. The van der Waals surface area contributed by atoms with Crippen molar-refractivity contribution >= 4 is 5.82 Å². The van der Waals surface area contributed by atoms with E-state index in [2.05, 4.69) is 20.5 Å². The molecule has 2 aromatic rings. The Morgan fingerprint density at radius 2 is 2.19 bits per heavy atom. The van der Waals surface area contributed by atoms with Gasteiger partial charge in [0.15, 0.2) is 0 Å². The highest BCUT2D eigenvalue weighted by molar-refractivity contribution is 5.54. The second-order valence-electron chi connectivity index (χ2n) is 3.46. The zero-order valence-corrected chi connectivity index (χ0v) is 8.98. The van der Waals surface area contributed by atoms with Gasteiger partial charge in [0.1, 0.15) is 11.5 Å². The summed E-state index contributed by atoms with van der Waals surface area (Å²) in [6.07, 6.45) is 2.80. The molecular weight excluding hydrogens is 202 g/mol. The summed E-state index contributed by atoms with van der Waals surface area (Å²) < 4.78 is 0. The molecule has 5 nitrogen and oxygen atoms in total. The molecule has 0 unspecified atom stereocenters. The number of aromatic amines is 1. The van der Waals surface area contributed by atoms with Gasteiger partial charge in [-0.1, -0.05) is 0 Å². The summed E-state index contributed by atoms with van der Waals surface area (Å²) in [4.78, 5) is 3.09. The number of nitrogens with one attached hydrogen (secondary N) is 2. The lowest BCUT2D eigenvalue weighted by Gasteiger charge is -2.03. The molecule has 5 heteroatoms. The number of aromatic nitrogens is 3. The van der Waals surface area contributed by atoms with E-state index in [1.165, 1.54) is 0 Å². The maximum Gasteiger partial charge on any atom is 0.148 e. The molecule has 2 aromatic heterocycles. The largest absolute Gasteiger partial charge is 0.369 e. The van der Waals surface area contributed by atoms with E-state index in [1.807, 2.05) is 30.5 Å². The summed E-state index contributed by atoms with van der Waals surface area (Å²) in [6.45, 7) is 1.51. The van der Waals surface area contributed by atoms with Crippen molar-refractivity contribution in [2.75, 3.05) is 18.4 Å². The van der Waals surface area contributed by atoms with Crippen molar-refractivity contribution in [3.63, 3.8) is 0 Å². The third-order valence-corrected chi connectivity index (χ3v) is 2.23. The Hall–Kier alpha value is -1.88. The van der Waals surface area contributed by atoms with Crippen molar-refractivity contribution in [1.29, 1.82) is 0 Å². The van der Waals surface area contributed by atoms with Crippen LogP contribution in [0.2, 0.25) is 0 Å². The fourth-order valence-electron chi connectivity index (χ4n) is 1.38. The topological polar surface area (TPSA) is 79.6 Å². The van der Waals surface area contributed by atoms with Crippen LogP contribution in [0.15, 0.2) is 30.5 Å². The minimum atomic E-state index is 0.682. The molecule has 0 radical (unpaired) electrons. The molecule has 4 N–H and O–H groups in total. The average Bonchev–Trinajstić information content (AvgIpc) is 2.84. The van der Waals surface area contributed by atoms with E-state index in [4.69, 9.17) is 5.73 Å². The summed E-state index contributed by atoms with van der Waals surface area (Å²) in [5.74, 6) is 0.781. The Kier molecular flexibility index (Phi) is 3.50. The second kappa shape index (κ2) is 5.27. The molecule has 0 amide bonds. The number of nitrogens with two attached hydrogens (primary N) is 1. The normalized spacial score (nSPS) is 10.3. The number of anilines is 1. The molecule has 0 aliphatic rings. The quantitative estimate of drug-likeness (QED) is 0.658. The number of hydrogen-bond donors (Lipinski definition) is 3. The van der Waals surface area contributed by atoms with Crippen LogP contribution in [0.1, 0.15) is 6.42 Å². The van der Waals surface area contributed by atoms with Gasteiger partial charge in [-0.2, -0.15) is 0 Å². The summed E-state index contributed by atoms with van der Waals surface area (Å²) >= 11 is 0. The van der Waals surface area contributed by atoms with E-state index >= 15 is 0 Å². The Bertz CT molecular complexity index is 406. The first-order chi connectivity index (χ1) is 7.90. The predicted octanol–water partition coefficient (Wildman–Crippen LogP) is 1.23. The van der Waals surface area contributed by atoms with Crippen LogP contribution in [0.5, 0.6) is 0 Å². The first-order valence-corrected chi connectivity index (χ1v) is 5.31. The molecule has 0 saturated carbocycles. The zero-order chi connectivity index (χ0) is 11.2. The Morgan fingerprint density at radius 1 is 1.25 bits per heavy atom. The van der Waals surface area contributed by atoms with Crippen molar-refractivity contribution < 1.29 is 0 Å². The van der Waals surface area contributed by atoms with Gasteiger partial charge in [-0.05, 0) is 37.2 Å². The molecule has 2 rings (SSSR count). The highest BCUT2D eigenvalue weighted by atomic mass is 15.2. The fourth-order valence-corrected chi connectivity index (χ4v) is 1.38. The third kappa shape index (κ3) is 2.58. The maximum absolute atomic E-state index is 5.40. The van der Waals surface area contributed by atoms with Crippen LogP contribution in [0.3, 0.4) is 0 Å². The molecule has 0 saturated heterocycles. The molecule has 16 heavy (non-hydrogen) atoms. The number of nitrogens with zero attached hydrogens (tertiary/aromatic N) is 2. The lowest BCUT2D eigenvalue weighted by atomic mass is 10.3. The molecule has 84 valence electrons. The molecule has 0 atom stereocenters. The van der Waals surface area contributed by atoms with Gasteiger partial charge >= 0.3 is 0 Å². The Morgan fingerprint density at radius 3 is 2.81 bits per heavy atom. The Balaban J connectivity index is 2.00. The summed E-state index contributed by atoms with van der Waals surface area (Å²) in [7, 11) is 0. The summed E-state index contributed by atoms with van der Waals surface area (Å²) in [6, 6.07) is 7.75. The van der Waals surface area contributed by atoms with E-state index in [0.717, 1.165) is 30.2 Å². The first-order valence-electron chi connectivity index (χ1n) is 5.31. The predicted molar refractivity (Wildman–Crippen MR) is 64.0 cm³/mol. The summed E-state index contributed by atoms with van der Waals surface area (Å²) in [5.41, 5.74) is 7.22. The lowest BCUT2D eigenvalue weighted by Crippen LogP contribution is -2.09. The van der Waals surface area contributed by atoms with Crippen molar-refractivity contribution in [2.45, 2.75) is 6.42 Å². The van der Waals surface area contributed by atoms with E-state index in [0.29, 0.717) is 6.54 Å². The minimum Gasteiger partial charge on any atom is -0.369 e. The molecule has 0 fully saturated rings. The van der Waals surface area contributed by atoms with E-state index in [-0.39, 0.29) is 0 Å². The van der Waals surface area contributed by atoms with E-state index < -0.39 is 0 Å². The Labute approximate surface area is 94.1 Å². The molecule has 2 heterocycles. The van der Waals surface area contributed by atoms with Gasteiger partial charge in [-0.25, -0.2) is 0 Å². The van der Waals surface area contributed by atoms with Crippen molar-refractivity contribution in [1.82, 2.24) is 15.2 Å². The first kappa shape index (κ1) is 10.6. The lowest BCUT2D eigenvalue weighted by molar-refractivity contribution is 0.864. The van der Waals surface area contributed by atoms with Crippen LogP contribution in [0.25, 0.3) is 11.4 Å². The van der Waals surface area contributed by atoms with Gasteiger partial charge in [-0.15, -0.1) is 10.2 Å². The molecule has 0 aliphatic carbocycles. The van der Waals surface area contributed by atoms with Gasteiger partial charge in [0.2, 0.25) is 0 Å². The molecular formula is C11H15N5. The molecule has 0 aliphatic heterocycles. The van der Waals surface area contributed by atoms with Gasteiger partial charge in [0.25, 0.3) is 0 Å². The van der Waals surface area contributed by atoms with E-state index in [1.54, 1.807) is 0 Å². The SMILES string of the molecule is NCCCNc1ccc(-c2ccc[nH]2)nn1. The van der Waals surface area contributed by atoms with Crippen molar-refractivity contribution in [2.24, 2.45) is 5.73 Å². The zero-order valence-electron chi connectivity index (χ0n) is 8.98. The van der Waals surface area contributed by atoms with Crippen LogP contribution in [-0.2, 0) is 0 Å². The minimum absolute atomic E-state index is 0.682. The van der Waals surface area contributed by atoms with E-state index in [9.17, 15) is 0 Å². The second-order valence-corrected chi connectivity index (χ2v) is 3.46. The van der Waals surface area contributed by atoms with Gasteiger partial charge in [-0.3, -0.25) is 0 Å². The van der Waals surface area contributed by atoms with Gasteiger partial charge in [0, 0.05) is 12.7 Å². The van der Waals surface area contributed by atoms with Crippen LogP contribution in [0.4, 0.5) is 5.82 Å². The van der Waals surface area contributed by atoms with Crippen molar-refractivity contribution in [3.05, 3.63) is 30.5 Å². The van der Waals surface area contributed by atoms with Gasteiger partial charge < -0.3 is 16.0 Å². The van der Waals surface area contributed by atoms with Crippen LogP contribution >= 0.6 is 0 Å². The fraction of sp³-hybridized carbons (Fsp3) is 0.273. The highest BCUT2D eigenvalue weighted by Gasteiger charge is 2.00. The van der Waals surface area contributed by atoms with Crippen LogP contribution < -0.4 is 11.1 Å².